The lowest BCUT2D eigenvalue weighted by molar-refractivity contribution is -0.126. The summed E-state index contributed by atoms with van der Waals surface area (Å²) in [6.45, 7) is 6.54. The first-order valence-electron chi connectivity index (χ1n) is 11.6. The van der Waals surface area contributed by atoms with E-state index in [1.54, 1.807) is 0 Å². The summed E-state index contributed by atoms with van der Waals surface area (Å²) in [7, 11) is 4.13. The minimum absolute atomic E-state index is 0.00459. The zero-order valence-electron chi connectivity index (χ0n) is 19.6. The quantitative estimate of drug-likeness (QED) is 0.581. The number of carbonyl (C=O) groups excluding carboxylic acids is 1. The van der Waals surface area contributed by atoms with Crippen LogP contribution in [0.5, 0.6) is 5.75 Å². The Morgan fingerprint density at radius 2 is 1.88 bits per heavy atom. The first kappa shape index (κ1) is 24.2. The minimum atomic E-state index is -0.304. The van der Waals surface area contributed by atoms with E-state index in [9.17, 15) is 4.79 Å². The number of carbonyl (C=O) groups is 1. The van der Waals surface area contributed by atoms with Crippen LogP contribution in [0, 0.1) is 0 Å². The Labute approximate surface area is 192 Å². The fourth-order valence-electron chi connectivity index (χ4n) is 4.07. The van der Waals surface area contributed by atoms with Crippen LogP contribution in [0.25, 0.3) is 0 Å². The van der Waals surface area contributed by atoms with Gasteiger partial charge in [0.05, 0.1) is 0 Å². The van der Waals surface area contributed by atoms with Gasteiger partial charge in [0.1, 0.15) is 18.4 Å². The van der Waals surface area contributed by atoms with Gasteiger partial charge in [0.2, 0.25) is 5.91 Å². The van der Waals surface area contributed by atoms with Gasteiger partial charge in [0, 0.05) is 32.3 Å². The molecule has 1 saturated heterocycles. The summed E-state index contributed by atoms with van der Waals surface area (Å²) in [6, 6.07) is 18.2. The lowest BCUT2D eigenvalue weighted by Crippen LogP contribution is -2.38. The van der Waals surface area contributed by atoms with E-state index in [4.69, 9.17) is 9.47 Å². The van der Waals surface area contributed by atoms with Gasteiger partial charge in [-0.3, -0.25) is 14.6 Å². The molecule has 1 unspecified atom stereocenters. The molecule has 1 fully saturated rings. The molecule has 3 rings (SSSR count). The molecule has 1 aliphatic heterocycles. The number of rotatable bonds is 11. The number of ether oxygens (including phenoxy) is 2. The fourth-order valence-corrected chi connectivity index (χ4v) is 4.07. The van der Waals surface area contributed by atoms with Gasteiger partial charge in [-0.25, -0.2) is 0 Å². The van der Waals surface area contributed by atoms with E-state index in [-0.39, 0.29) is 11.9 Å². The first-order chi connectivity index (χ1) is 15.6. The Hall–Kier alpha value is -2.41. The van der Waals surface area contributed by atoms with E-state index >= 15 is 0 Å². The van der Waals surface area contributed by atoms with Crippen LogP contribution in [0.4, 0.5) is 0 Å². The third-order valence-corrected chi connectivity index (χ3v) is 6.20. The fraction of sp³-hybridized carbons (Fsp3) is 0.500. The molecule has 2 aromatic rings. The summed E-state index contributed by atoms with van der Waals surface area (Å²) in [5.41, 5.74) is 2.03. The molecule has 1 amide bonds. The number of nitrogens with zero attached hydrogens (tertiary/aromatic N) is 2. The highest BCUT2D eigenvalue weighted by Crippen LogP contribution is 2.20. The summed E-state index contributed by atoms with van der Waals surface area (Å²) < 4.78 is 11.4. The Kier molecular flexibility index (Phi) is 9.53. The zero-order valence-corrected chi connectivity index (χ0v) is 19.6. The number of nitrogens with one attached hydrogen (secondary N) is 1. The summed E-state index contributed by atoms with van der Waals surface area (Å²) in [5.74, 6) is 0.840. The molecule has 6 nitrogen and oxygen atoms in total. The number of benzene rings is 2. The number of likely N-dealkylation sites (N-methyl/N-ethyl adjacent to an activating group) is 2. The molecular formula is C26H37N3O3. The normalized spacial score (nSPS) is 15.7. The molecule has 0 radical (unpaired) electrons. The van der Waals surface area contributed by atoms with Gasteiger partial charge < -0.3 is 14.8 Å². The van der Waals surface area contributed by atoms with Crippen molar-refractivity contribution in [2.24, 2.45) is 0 Å². The lowest BCUT2D eigenvalue weighted by atomic mass is 10.0. The molecule has 6 heteroatoms. The average Bonchev–Trinajstić information content (AvgIpc) is 2.84. The maximum Gasteiger partial charge on any atom is 0.242 e. The van der Waals surface area contributed by atoms with Crippen LogP contribution in [0.3, 0.4) is 0 Å². The number of amides is 1. The Bertz CT molecular complexity index is 824. The van der Waals surface area contributed by atoms with Gasteiger partial charge in [0.25, 0.3) is 0 Å². The molecule has 0 spiro atoms. The van der Waals surface area contributed by atoms with Gasteiger partial charge in [-0.05, 0) is 56.7 Å². The third-order valence-electron chi connectivity index (χ3n) is 6.20. The van der Waals surface area contributed by atoms with Gasteiger partial charge >= 0.3 is 0 Å². The predicted molar refractivity (Wildman–Crippen MR) is 128 cm³/mol. The van der Waals surface area contributed by atoms with Crippen molar-refractivity contribution in [3.63, 3.8) is 0 Å². The van der Waals surface area contributed by atoms with Crippen LogP contribution in [0.15, 0.2) is 54.6 Å². The summed E-state index contributed by atoms with van der Waals surface area (Å²) in [6.07, 6.45) is 2.17. The molecule has 0 saturated carbocycles. The smallest absolute Gasteiger partial charge is 0.242 e. The second kappa shape index (κ2) is 12.6. The second-order valence-electron chi connectivity index (χ2n) is 8.42. The van der Waals surface area contributed by atoms with Crippen molar-refractivity contribution in [3.05, 3.63) is 65.7 Å². The predicted octanol–water partition coefficient (Wildman–Crippen LogP) is 3.49. The molecule has 0 aromatic heterocycles. The van der Waals surface area contributed by atoms with E-state index in [1.807, 2.05) is 61.6 Å². The van der Waals surface area contributed by atoms with Crippen LogP contribution in [0.1, 0.15) is 36.9 Å². The van der Waals surface area contributed by atoms with E-state index < -0.39 is 0 Å². The topological polar surface area (TPSA) is 54.0 Å². The van der Waals surface area contributed by atoms with Crippen molar-refractivity contribution in [3.8, 4) is 5.75 Å². The molecule has 32 heavy (non-hydrogen) atoms. The standard InChI is InChI=1S/C26H37N3O3/c1-4-28(2)25(22-10-6-5-7-11-22)26(30)27-20-21-9-8-12-24(19-21)32-18-15-29(3)23-13-16-31-17-14-23/h5-12,19,23,25H,4,13-18,20H2,1-3H3,(H,27,30). The highest BCUT2D eigenvalue weighted by Gasteiger charge is 2.23. The number of hydrogen-bond acceptors (Lipinski definition) is 5. The molecule has 1 aliphatic rings. The van der Waals surface area contributed by atoms with E-state index in [0.717, 1.165) is 56.0 Å². The van der Waals surface area contributed by atoms with E-state index in [1.165, 1.54) is 0 Å². The molecule has 0 aliphatic carbocycles. The van der Waals surface area contributed by atoms with Crippen LogP contribution in [-0.4, -0.2) is 68.8 Å². The van der Waals surface area contributed by atoms with Gasteiger partial charge in [-0.15, -0.1) is 0 Å². The van der Waals surface area contributed by atoms with Crippen molar-refractivity contribution in [2.75, 3.05) is 47.0 Å². The Balaban J connectivity index is 1.50. The zero-order chi connectivity index (χ0) is 22.8. The van der Waals surface area contributed by atoms with Gasteiger partial charge in [-0.1, -0.05) is 49.4 Å². The average molecular weight is 440 g/mol. The van der Waals surface area contributed by atoms with Crippen molar-refractivity contribution in [1.82, 2.24) is 15.1 Å². The van der Waals surface area contributed by atoms with Crippen LogP contribution in [0.2, 0.25) is 0 Å². The highest BCUT2D eigenvalue weighted by atomic mass is 16.5. The molecule has 2 aromatic carbocycles. The van der Waals surface area contributed by atoms with Gasteiger partial charge in [0.15, 0.2) is 0 Å². The van der Waals surface area contributed by atoms with Crippen molar-refractivity contribution in [2.45, 2.75) is 38.4 Å². The van der Waals surface area contributed by atoms with Gasteiger partial charge in [-0.2, -0.15) is 0 Å². The Morgan fingerprint density at radius 1 is 1.12 bits per heavy atom. The molecule has 1 heterocycles. The second-order valence-corrected chi connectivity index (χ2v) is 8.42. The van der Waals surface area contributed by atoms with Crippen LogP contribution in [-0.2, 0) is 16.1 Å². The monoisotopic (exact) mass is 439 g/mol. The molecule has 174 valence electrons. The number of hydrogen-bond donors (Lipinski definition) is 1. The first-order valence-corrected chi connectivity index (χ1v) is 11.6. The third kappa shape index (κ3) is 7.05. The minimum Gasteiger partial charge on any atom is -0.492 e. The maximum absolute atomic E-state index is 13.0. The van der Waals surface area contributed by atoms with Crippen molar-refractivity contribution < 1.29 is 14.3 Å². The maximum atomic E-state index is 13.0. The highest BCUT2D eigenvalue weighted by molar-refractivity contribution is 5.83. The molecule has 0 bridgehead atoms. The van der Waals surface area contributed by atoms with E-state index in [2.05, 4.69) is 29.1 Å². The summed E-state index contributed by atoms with van der Waals surface area (Å²) in [5, 5.41) is 3.10. The van der Waals surface area contributed by atoms with Crippen molar-refractivity contribution in [1.29, 1.82) is 0 Å². The molecular weight excluding hydrogens is 402 g/mol. The van der Waals surface area contributed by atoms with Crippen LogP contribution >= 0.6 is 0 Å². The molecule has 1 N–H and O–H groups in total. The van der Waals surface area contributed by atoms with Crippen molar-refractivity contribution >= 4 is 5.91 Å². The van der Waals surface area contributed by atoms with E-state index in [0.29, 0.717) is 19.2 Å². The van der Waals surface area contributed by atoms with Crippen LogP contribution < -0.4 is 10.1 Å². The molecule has 1 atom stereocenters. The lowest BCUT2D eigenvalue weighted by Gasteiger charge is -2.31. The summed E-state index contributed by atoms with van der Waals surface area (Å²) in [4.78, 5) is 17.4. The summed E-state index contributed by atoms with van der Waals surface area (Å²) >= 11 is 0. The Morgan fingerprint density at radius 3 is 2.59 bits per heavy atom. The largest absolute Gasteiger partial charge is 0.492 e. The SMILES string of the molecule is CCN(C)C(C(=O)NCc1cccc(OCCN(C)C2CCOCC2)c1)c1ccccc1.